The molecule has 3 N–H and O–H groups in total. The Bertz CT molecular complexity index is 413. The van der Waals surface area contributed by atoms with Gasteiger partial charge >= 0.3 is 0 Å². The van der Waals surface area contributed by atoms with Crippen LogP contribution in [0.4, 0.5) is 0 Å². The first-order valence-electron chi connectivity index (χ1n) is 4.51. The van der Waals surface area contributed by atoms with Crippen molar-refractivity contribution in [1.82, 2.24) is 10.5 Å². The van der Waals surface area contributed by atoms with Crippen LogP contribution in [0, 0.1) is 6.92 Å². The van der Waals surface area contributed by atoms with Gasteiger partial charge < -0.3 is 20.4 Å². The highest BCUT2D eigenvalue weighted by Gasteiger charge is 2.20. The van der Waals surface area contributed by atoms with E-state index in [1.165, 1.54) is 6.07 Å². The van der Waals surface area contributed by atoms with Gasteiger partial charge in [0.25, 0.3) is 5.91 Å². The van der Waals surface area contributed by atoms with Crippen molar-refractivity contribution in [2.75, 3.05) is 0 Å². The minimum absolute atomic E-state index is 0.0367. The van der Waals surface area contributed by atoms with Crippen molar-refractivity contribution in [2.24, 2.45) is 5.73 Å². The van der Waals surface area contributed by atoms with Crippen molar-refractivity contribution in [1.29, 1.82) is 0 Å². The molecule has 1 aromatic heterocycles. The molecule has 0 aliphatic rings. The van der Waals surface area contributed by atoms with E-state index >= 15 is 0 Å². The number of amides is 2. The predicted molar refractivity (Wildman–Crippen MR) is 52.4 cm³/mol. The van der Waals surface area contributed by atoms with Gasteiger partial charge in [0.05, 0.1) is 0 Å². The number of aryl methyl sites for hydroxylation is 1. The van der Waals surface area contributed by atoms with Crippen LogP contribution in [0.1, 0.15) is 22.7 Å². The molecule has 0 aliphatic carbocycles. The molecule has 1 atom stereocenters. The zero-order chi connectivity index (χ0) is 12.1. The maximum absolute atomic E-state index is 11.5. The Balaban J connectivity index is 2.68. The molecule has 0 fully saturated rings. The third-order valence-electron chi connectivity index (χ3n) is 1.84. The highest BCUT2D eigenvalue weighted by Crippen LogP contribution is 2.02. The minimum Gasteiger partial charge on any atom is -0.368 e. The Hall–Kier alpha value is -2.18. The second-order valence-corrected chi connectivity index (χ2v) is 3.15. The molecule has 0 saturated carbocycles. The number of hydrogen-bond donors (Lipinski definition) is 2. The van der Waals surface area contributed by atoms with Crippen molar-refractivity contribution in [3.05, 3.63) is 17.5 Å². The van der Waals surface area contributed by atoms with Gasteiger partial charge in [-0.05, 0) is 6.92 Å². The third kappa shape index (κ3) is 2.91. The summed E-state index contributed by atoms with van der Waals surface area (Å²) in [5.41, 5.74) is 5.03. The molecule has 0 radical (unpaired) electrons. The number of primary amides is 1. The van der Waals surface area contributed by atoms with E-state index in [-0.39, 0.29) is 12.1 Å². The van der Waals surface area contributed by atoms with Crippen molar-refractivity contribution < 1.29 is 18.9 Å². The molecule has 0 saturated heterocycles. The largest absolute Gasteiger partial charge is 0.368 e. The van der Waals surface area contributed by atoms with Gasteiger partial charge in [0.1, 0.15) is 18.1 Å². The molecule has 1 rings (SSSR count). The Kier molecular flexibility index (Phi) is 3.76. The summed E-state index contributed by atoms with van der Waals surface area (Å²) in [6.07, 6.45) is 0.335. The fourth-order valence-electron chi connectivity index (χ4n) is 1.05. The van der Waals surface area contributed by atoms with Crippen LogP contribution < -0.4 is 11.1 Å². The van der Waals surface area contributed by atoms with Gasteiger partial charge in [-0.1, -0.05) is 5.16 Å². The number of nitrogens with one attached hydrogen (secondary N) is 1. The lowest BCUT2D eigenvalue weighted by Gasteiger charge is -2.10. The van der Waals surface area contributed by atoms with Crippen molar-refractivity contribution >= 4 is 18.1 Å². The number of carbonyl (C=O) groups excluding carboxylic acids is 3. The average molecular weight is 225 g/mol. The number of nitrogens with zero attached hydrogens (tertiary/aromatic N) is 1. The van der Waals surface area contributed by atoms with Crippen molar-refractivity contribution in [3.8, 4) is 0 Å². The molecule has 0 aromatic carbocycles. The molecule has 0 unspecified atom stereocenters. The van der Waals surface area contributed by atoms with Crippen LogP contribution in [-0.2, 0) is 9.59 Å². The lowest BCUT2D eigenvalue weighted by molar-refractivity contribution is -0.121. The lowest BCUT2D eigenvalue weighted by atomic mass is 10.2. The summed E-state index contributed by atoms with van der Waals surface area (Å²) >= 11 is 0. The molecule has 1 heterocycles. The Morgan fingerprint density at radius 3 is 2.81 bits per heavy atom. The summed E-state index contributed by atoms with van der Waals surface area (Å²) in [4.78, 5) is 32.6. The topological polar surface area (TPSA) is 115 Å². The molecule has 16 heavy (non-hydrogen) atoms. The molecule has 0 bridgehead atoms. The summed E-state index contributed by atoms with van der Waals surface area (Å²) in [6.45, 7) is 1.63. The lowest BCUT2D eigenvalue weighted by Crippen LogP contribution is -2.44. The minimum atomic E-state index is -1.03. The quantitative estimate of drug-likeness (QED) is 0.633. The number of nitrogens with two attached hydrogens (primary N) is 1. The molecule has 7 nitrogen and oxygen atoms in total. The summed E-state index contributed by atoms with van der Waals surface area (Å²) in [6, 6.07) is 0.385. The maximum atomic E-state index is 11.5. The molecule has 86 valence electrons. The molecule has 2 amide bonds. The molecule has 1 aromatic rings. The first kappa shape index (κ1) is 11.9. The van der Waals surface area contributed by atoms with Crippen LogP contribution in [0.15, 0.2) is 10.6 Å². The van der Waals surface area contributed by atoms with Crippen molar-refractivity contribution in [2.45, 2.75) is 19.4 Å². The van der Waals surface area contributed by atoms with E-state index in [9.17, 15) is 14.4 Å². The maximum Gasteiger partial charge on any atom is 0.274 e. The Morgan fingerprint density at radius 2 is 2.38 bits per heavy atom. The fraction of sp³-hybridized carbons (Fsp3) is 0.333. The van der Waals surface area contributed by atoms with E-state index in [2.05, 4.69) is 10.5 Å². The number of aromatic nitrogens is 1. The first-order valence-corrected chi connectivity index (χ1v) is 4.51. The zero-order valence-electron chi connectivity index (χ0n) is 8.60. The highest BCUT2D eigenvalue weighted by atomic mass is 16.5. The normalized spacial score (nSPS) is 11.8. The molecule has 0 aliphatic heterocycles. The van der Waals surface area contributed by atoms with Gasteiger partial charge in [0.2, 0.25) is 5.91 Å². The Labute approximate surface area is 91.0 Å². The summed E-state index contributed by atoms with van der Waals surface area (Å²) in [7, 11) is 0. The van der Waals surface area contributed by atoms with E-state index in [4.69, 9.17) is 10.3 Å². The van der Waals surface area contributed by atoms with E-state index < -0.39 is 17.9 Å². The van der Waals surface area contributed by atoms with Gasteiger partial charge in [-0.2, -0.15) is 0 Å². The van der Waals surface area contributed by atoms with Gasteiger partial charge in [0, 0.05) is 12.5 Å². The number of aldehydes is 1. The Morgan fingerprint density at radius 1 is 1.69 bits per heavy atom. The molecule has 0 spiro atoms. The number of rotatable bonds is 5. The van der Waals surface area contributed by atoms with E-state index in [1.54, 1.807) is 6.92 Å². The van der Waals surface area contributed by atoms with E-state index in [1.807, 2.05) is 0 Å². The zero-order valence-corrected chi connectivity index (χ0v) is 8.60. The SMILES string of the molecule is Cc1cc(C(=O)N[C@@H](CC=O)C(N)=O)no1. The second kappa shape index (κ2) is 5.06. The summed E-state index contributed by atoms with van der Waals surface area (Å²) < 4.78 is 4.69. The number of hydrogen-bond acceptors (Lipinski definition) is 5. The van der Waals surface area contributed by atoms with Crippen LogP contribution in [0.25, 0.3) is 0 Å². The highest BCUT2D eigenvalue weighted by molar-refractivity contribution is 5.96. The van der Waals surface area contributed by atoms with Crippen LogP contribution in [0.2, 0.25) is 0 Å². The number of carbonyl (C=O) groups is 3. The summed E-state index contributed by atoms with van der Waals surface area (Å²) in [5.74, 6) is -0.917. The fourth-order valence-corrected chi connectivity index (χ4v) is 1.05. The van der Waals surface area contributed by atoms with Crippen molar-refractivity contribution in [3.63, 3.8) is 0 Å². The van der Waals surface area contributed by atoms with Crippen LogP contribution >= 0.6 is 0 Å². The third-order valence-corrected chi connectivity index (χ3v) is 1.84. The summed E-state index contributed by atoms with van der Waals surface area (Å²) in [5, 5.41) is 5.74. The molecular formula is C9H11N3O4. The van der Waals surface area contributed by atoms with E-state index in [0.717, 1.165) is 0 Å². The van der Waals surface area contributed by atoms with Crippen LogP contribution in [0.3, 0.4) is 0 Å². The second-order valence-electron chi connectivity index (χ2n) is 3.15. The van der Waals surface area contributed by atoms with Gasteiger partial charge in [0.15, 0.2) is 5.69 Å². The average Bonchev–Trinajstić information content (AvgIpc) is 2.64. The van der Waals surface area contributed by atoms with Crippen LogP contribution in [0.5, 0.6) is 0 Å². The van der Waals surface area contributed by atoms with E-state index in [0.29, 0.717) is 12.0 Å². The van der Waals surface area contributed by atoms with Crippen LogP contribution in [-0.4, -0.2) is 29.3 Å². The predicted octanol–water partition coefficient (Wildman–Crippen LogP) is -0.844. The van der Waals surface area contributed by atoms with Gasteiger partial charge in [-0.15, -0.1) is 0 Å². The van der Waals surface area contributed by atoms with Gasteiger partial charge in [-0.3, -0.25) is 9.59 Å². The molecular weight excluding hydrogens is 214 g/mol. The monoisotopic (exact) mass is 225 g/mol. The van der Waals surface area contributed by atoms with Gasteiger partial charge in [-0.25, -0.2) is 0 Å². The first-order chi connectivity index (χ1) is 7.54. The smallest absolute Gasteiger partial charge is 0.274 e. The molecule has 7 heteroatoms. The standard InChI is InChI=1S/C9H11N3O4/c1-5-4-7(12-16-5)9(15)11-6(2-3-13)8(10)14/h3-4,6H,2H2,1H3,(H2,10,14)(H,11,15)/t6-/m0/s1.